The summed E-state index contributed by atoms with van der Waals surface area (Å²) in [6, 6.07) is 3.78. The third-order valence-corrected chi connectivity index (χ3v) is 5.78. The van der Waals surface area contributed by atoms with Gasteiger partial charge in [0.05, 0.1) is 5.52 Å². The molecule has 0 atom stereocenters. The van der Waals surface area contributed by atoms with Gasteiger partial charge in [0.1, 0.15) is 5.69 Å². The lowest BCUT2D eigenvalue weighted by Gasteiger charge is -2.31. The van der Waals surface area contributed by atoms with Gasteiger partial charge < -0.3 is 0 Å². The minimum Gasteiger partial charge on any atom is -0.299 e. The molecule has 156 valence electrons. The zero-order valence-corrected chi connectivity index (χ0v) is 16.8. The number of nitrogens with zero attached hydrogens (tertiary/aromatic N) is 6. The molecule has 3 aromatic rings. The summed E-state index contributed by atoms with van der Waals surface area (Å²) in [5.74, 6) is 0.366. The highest BCUT2D eigenvalue weighted by Crippen LogP contribution is 2.25. The van der Waals surface area contributed by atoms with Gasteiger partial charge in [-0.15, -0.1) is 0 Å². The van der Waals surface area contributed by atoms with E-state index in [4.69, 9.17) is 0 Å². The van der Waals surface area contributed by atoms with Crippen LogP contribution in [0.5, 0.6) is 0 Å². The quantitative estimate of drug-likeness (QED) is 0.634. The Labute approximate surface area is 167 Å². The number of rotatable bonds is 6. The number of fused-ring (bicyclic) bond motifs is 1. The summed E-state index contributed by atoms with van der Waals surface area (Å²) in [6.45, 7) is 5.33. The van der Waals surface area contributed by atoms with Crippen molar-refractivity contribution >= 4 is 11.2 Å². The monoisotopic (exact) mass is 404 g/mol. The van der Waals surface area contributed by atoms with Gasteiger partial charge in [0.25, 0.3) is 6.43 Å². The topological polar surface area (TPSA) is 60.9 Å². The maximum atomic E-state index is 13.2. The summed E-state index contributed by atoms with van der Waals surface area (Å²) in [7, 11) is 1.67. The zero-order valence-electron chi connectivity index (χ0n) is 16.8. The molecule has 0 bridgehead atoms. The van der Waals surface area contributed by atoms with Crippen molar-refractivity contribution in [3.05, 3.63) is 46.3 Å². The molecule has 4 heterocycles. The van der Waals surface area contributed by atoms with Crippen molar-refractivity contribution in [1.29, 1.82) is 0 Å². The molecule has 1 aliphatic heterocycles. The van der Waals surface area contributed by atoms with Crippen molar-refractivity contribution in [2.75, 3.05) is 13.1 Å². The molecule has 29 heavy (non-hydrogen) atoms. The number of imidazole rings is 1. The van der Waals surface area contributed by atoms with Crippen molar-refractivity contribution < 1.29 is 8.78 Å². The first-order valence-corrected chi connectivity index (χ1v) is 10.0. The molecule has 1 aliphatic rings. The van der Waals surface area contributed by atoms with Gasteiger partial charge in [0.15, 0.2) is 5.65 Å². The lowest BCUT2D eigenvalue weighted by atomic mass is 9.96. The molecule has 9 heteroatoms. The van der Waals surface area contributed by atoms with Crippen LogP contribution in [0, 0.1) is 5.92 Å². The molecule has 0 radical (unpaired) electrons. The Morgan fingerprint density at radius 2 is 2.00 bits per heavy atom. The fraction of sp³-hybridized carbons (Fsp3) is 0.550. The average molecular weight is 404 g/mol. The van der Waals surface area contributed by atoms with E-state index in [2.05, 4.69) is 15.0 Å². The number of piperidine rings is 1. The van der Waals surface area contributed by atoms with E-state index < -0.39 is 6.43 Å². The summed E-state index contributed by atoms with van der Waals surface area (Å²) < 4.78 is 31.3. The third kappa shape index (κ3) is 3.83. The van der Waals surface area contributed by atoms with E-state index in [1.54, 1.807) is 28.6 Å². The summed E-state index contributed by atoms with van der Waals surface area (Å²) in [6.07, 6.45) is 2.68. The molecule has 7 nitrogen and oxygen atoms in total. The van der Waals surface area contributed by atoms with Gasteiger partial charge in [-0.25, -0.2) is 18.6 Å². The standard InChI is InChI=1S/C20H26F2N6O/c1-3-27-16-5-4-8-23-19(16)28(20(27)29)11-14-6-9-26(10-7-14)13-15-12-25(2)24-17(15)18(21)22/h4-5,8,12,14,18H,3,6-7,9-11,13H2,1-2H3. The Hall–Kier alpha value is -2.55. The number of hydrogen-bond donors (Lipinski definition) is 0. The number of alkyl halides is 2. The van der Waals surface area contributed by atoms with E-state index >= 15 is 0 Å². The Kier molecular flexibility index (Phi) is 5.49. The number of pyridine rings is 1. The predicted octanol–water partition coefficient (Wildman–Crippen LogP) is 2.80. The van der Waals surface area contributed by atoms with E-state index in [-0.39, 0.29) is 11.4 Å². The van der Waals surface area contributed by atoms with Crippen LogP contribution in [0.4, 0.5) is 8.78 Å². The highest BCUT2D eigenvalue weighted by molar-refractivity contribution is 5.71. The second-order valence-corrected chi connectivity index (χ2v) is 7.72. The SMILES string of the molecule is CCn1c(=O)n(CC2CCN(Cc3cn(C)nc3C(F)F)CC2)c2ncccc21. The van der Waals surface area contributed by atoms with E-state index in [0.717, 1.165) is 37.1 Å². The molecule has 0 unspecified atom stereocenters. The molecule has 0 spiro atoms. The van der Waals surface area contributed by atoms with Crippen LogP contribution in [0.1, 0.15) is 37.4 Å². The number of aromatic nitrogens is 5. The number of hydrogen-bond acceptors (Lipinski definition) is 4. The van der Waals surface area contributed by atoms with Crippen LogP contribution in [-0.4, -0.2) is 41.9 Å². The van der Waals surface area contributed by atoms with Crippen LogP contribution in [0.2, 0.25) is 0 Å². The van der Waals surface area contributed by atoms with Crippen LogP contribution in [0.3, 0.4) is 0 Å². The first-order chi connectivity index (χ1) is 14.0. The summed E-state index contributed by atoms with van der Waals surface area (Å²) in [5.41, 5.74) is 2.06. The van der Waals surface area contributed by atoms with Crippen LogP contribution in [0.15, 0.2) is 29.3 Å². The molecule has 0 N–H and O–H groups in total. The Balaban J connectivity index is 1.43. The van der Waals surface area contributed by atoms with E-state index in [1.807, 2.05) is 19.1 Å². The molecule has 1 fully saturated rings. The first kappa shape index (κ1) is 19.8. The molecule has 0 amide bonds. The number of likely N-dealkylation sites (tertiary alicyclic amines) is 1. The smallest absolute Gasteiger partial charge is 0.299 e. The molecule has 1 saturated heterocycles. The van der Waals surface area contributed by atoms with Gasteiger partial charge in [-0.3, -0.25) is 18.7 Å². The Morgan fingerprint density at radius 1 is 1.24 bits per heavy atom. The third-order valence-electron chi connectivity index (χ3n) is 5.78. The lowest BCUT2D eigenvalue weighted by molar-refractivity contribution is 0.138. The van der Waals surface area contributed by atoms with Gasteiger partial charge >= 0.3 is 5.69 Å². The van der Waals surface area contributed by atoms with Gasteiger partial charge in [-0.05, 0) is 50.9 Å². The number of aryl methyl sites for hydroxylation is 2. The van der Waals surface area contributed by atoms with E-state index in [9.17, 15) is 13.6 Å². The molecule has 3 aromatic heterocycles. The highest BCUT2D eigenvalue weighted by Gasteiger charge is 2.25. The second kappa shape index (κ2) is 8.06. The largest absolute Gasteiger partial charge is 0.330 e. The minimum atomic E-state index is -2.56. The maximum absolute atomic E-state index is 13.2. The van der Waals surface area contributed by atoms with Gasteiger partial charge in [0, 0.05) is 44.6 Å². The molecule has 0 saturated carbocycles. The van der Waals surface area contributed by atoms with Crippen LogP contribution < -0.4 is 5.69 Å². The molecule has 0 aromatic carbocycles. The lowest BCUT2D eigenvalue weighted by Crippen LogP contribution is -2.36. The van der Waals surface area contributed by atoms with Crippen molar-refractivity contribution in [2.24, 2.45) is 13.0 Å². The summed E-state index contributed by atoms with van der Waals surface area (Å²) in [5, 5.41) is 3.89. The predicted molar refractivity (Wildman–Crippen MR) is 106 cm³/mol. The number of halogens is 2. The van der Waals surface area contributed by atoms with Crippen molar-refractivity contribution in [3.63, 3.8) is 0 Å². The molecular formula is C20H26F2N6O. The first-order valence-electron chi connectivity index (χ1n) is 10.0. The normalized spacial score (nSPS) is 16.3. The van der Waals surface area contributed by atoms with Crippen molar-refractivity contribution in [3.8, 4) is 0 Å². The van der Waals surface area contributed by atoms with E-state index in [1.165, 1.54) is 4.68 Å². The van der Waals surface area contributed by atoms with Crippen LogP contribution in [-0.2, 0) is 26.7 Å². The zero-order chi connectivity index (χ0) is 20.5. The van der Waals surface area contributed by atoms with Gasteiger partial charge in [-0.2, -0.15) is 5.10 Å². The van der Waals surface area contributed by atoms with Crippen molar-refractivity contribution in [2.45, 2.75) is 45.8 Å². The molecular weight excluding hydrogens is 378 g/mol. The van der Waals surface area contributed by atoms with Gasteiger partial charge in [-0.1, -0.05) is 0 Å². The summed E-state index contributed by atoms with van der Waals surface area (Å²) in [4.78, 5) is 19.4. The van der Waals surface area contributed by atoms with E-state index in [0.29, 0.717) is 31.1 Å². The summed E-state index contributed by atoms with van der Waals surface area (Å²) >= 11 is 0. The van der Waals surface area contributed by atoms with Crippen molar-refractivity contribution in [1.82, 2.24) is 28.8 Å². The molecule has 4 rings (SSSR count). The second-order valence-electron chi connectivity index (χ2n) is 7.72. The maximum Gasteiger partial charge on any atom is 0.330 e. The Morgan fingerprint density at radius 3 is 2.69 bits per heavy atom. The highest BCUT2D eigenvalue weighted by atomic mass is 19.3. The van der Waals surface area contributed by atoms with Crippen LogP contribution in [0.25, 0.3) is 11.2 Å². The minimum absolute atomic E-state index is 0.0134. The average Bonchev–Trinajstić information content (AvgIpc) is 3.20. The molecule has 0 aliphatic carbocycles. The Bertz CT molecular complexity index is 1050. The van der Waals surface area contributed by atoms with Gasteiger partial charge in [0.2, 0.25) is 0 Å². The fourth-order valence-electron chi connectivity index (χ4n) is 4.30. The fourth-order valence-corrected chi connectivity index (χ4v) is 4.30. The van der Waals surface area contributed by atoms with Crippen LogP contribution >= 0.6 is 0 Å².